The van der Waals surface area contributed by atoms with Gasteiger partial charge in [-0.2, -0.15) is 4.98 Å². The predicted molar refractivity (Wildman–Crippen MR) is 116 cm³/mol. The van der Waals surface area contributed by atoms with Gasteiger partial charge in [-0.3, -0.25) is 14.8 Å². The summed E-state index contributed by atoms with van der Waals surface area (Å²) in [5.41, 5.74) is 3.74. The summed E-state index contributed by atoms with van der Waals surface area (Å²) in [6.45, 7) is 9.30. The molecule has 0 saturated carbocycles. The third-order valence-electron chi connectivity index (χ3n) is 5.80. The molecule has 0 bridgehead atoms. The van der Waals surface area contributed by atoms with Crippen molar-refractivity contribution in [2.45, 2.75) is 33.4 Å². The van der Waals surface area contributed by atoms with Crippen LogP contribution in [0.4, 0.5) is 0 Å². The molecule has 3 aromatic heterocycles. The SMILES string of the molecule is Cc1noc(C)c1-c1nc(CN2CCCN(Cc3ccc4ccccc4n3)CC2)no1. The molecule has 160 valence electrons. The van der Waals surface area contributed by atoms with Crippen LogP contribution in [0.1, 0.15) is 29.4 Å². The van der Waals surface area contributed by atoms with Crippen LogP contribution in [0.15, 0.2) is 45.4 Å². The average Bonchev–Trinajstić information content (AvgIpc) is 3.29. The normalized spacial score (nSPS) is 16.1. The van der Waals surface area contributed by atoms with E-state index in [2.05, 4.69) is 49.4 Å². The molecule has 8 heteroatoms. The van der Waals surface area contributed by atoms with E-state index in [9.17, 15) is 0 Å². The number of aryl methyl sites for hydroxylation is 2. The van der Waals surface area contributed by atoms with Gasteiger partial charge in [-0.25, -0.2) is 0 Å². The molecule has 0 amide bonds. The first-order valence-corrected chi connectivity index (χ1v) is 10.7. The van der Waals surface area contributed by atoms with Crippen molar-refractivity contribution in [1.82, 2.24) is 30.1 Å². The van der Waals surface area contributed by atoms with E-state index in [0.29, 0.717) is 24.0 Å². The van der Waals surface area contributed by atoms with Crippen molar-refractivity contribution in [2.24, 2.45) is 0 Å². The average molecular weight is 419 g/mol. The Morgan fingerprint density at radius 1 is 0.839 bits per heavy atom. The third kappa shape index (κ3) is 4.35. The van der Waals surface area contributed by atoms with Crippen molar-refractivity contribution >= 4 is 10.9 Å². The quantitative estimate of drug-likeness (QED) is 0.486. The number of pyridine rings is 1. The molecule has 5 rings (SSSR count). The molecule has 1 aliphatic rings. The highest BCUT2D eigenvalue weighted by Gasteiger charge is 2.21. The fraction of sp³-hybridized carbons (Fsp3) is 0.391. The zero-order valence-corrected chi connectivity index (χ0v) is 17.9. The Morgan fingerprint density at radius 2 is 1.65 bits per heavy atom. The maximum atomic E-state index is 5.47. The lowest BCUT2D eigenvalue weighted by atomic mass is 10.2. The van der Waals surface area contributed by atoms with E-state index in [1.165, 1.54) is 5.39 Å². The molecular weight excluding hydrogens is 392 g/mol. The number of para-hydroxylation sites is 1. The van der Waals surface area contributed by atoms with Gasteiger partial charge in [-0.05, 0) is 45.5 Å². The van der Waals surface area contributed by atoms with Gasteiger partial charge >= 0.3 is 0 Å². The Morgan fingerprint density at radius 3 is 2.45 bits per heavy atom. The summed E-state index contributed by atoms with van der Waals surface area (Å²) < 4.78 is 10.7. The molecule has 4 aromatic rings. The molecule has 0 N–H and O–H groups in total. The van der Waals surface area contributed by atoms with Crippen LogP contribution >= 0.6 is 0 Å². The first-order chi connectivity index (χ1) is 15.2. The summed E-state index contributed by atoms with van der Waals surface area (Å²) in [5.74, 6) is 1.87. The van der Waals surface area contributed by atoms with Gasteiger partial charge in [-0.1, -0.05) is 34.6 Å². The topological polar surface area (TPSA) is 84.3 Å². The molecule has 4 heterocycles. The maximum Gasteiger partial charge on any atom is 0.263 e. The summed E-state index contributed by atoms with van der Waals surface area (Å²) >= 11 is 0. The van der Waals surface area contributed by atoms with Crippen LogP contribution < -0.4 is 0 Å². The van der Waals surface area contributed by atoms with Crippen LogP contribution in [0.25, 0.3) is 22.4 Å². The van der Waals surface area contributed by atoms with E-state index < -0.39 is 0 Å². The number of rotatable bonds is 5. The monoisotopic (exact) mass is 418 g/mol. The van der Waals surface area contributed by atoms with Gasteiger partial charge in [0.2, 0.25) is 0 Å². The van der Waals surface area contributed by atoms with Crippen molar-refractivity contribution in [3.05, 3.63) is 59.4 Å². The van der Waals surface area contributed by atoms with E-state index in [1.54, 1.807) is 0 Å². The van der Waals surface area contributed by atoms with Gasteiger partial charge in [0.1, 0.15) is 11.3 Å². The van der Waals surface area contributed by atoms with Gasteiger partial charge in [0, 0.05) is 25.0 Å². The molecule has 31 heavy (non-hydrogen) atoms. The summed E-state index contributed by atoms with van der Waals surface area (Å²) in [6, 6.07) is 12.6. The first kappa shape index (κ1) is 19.8. The Bertz CT molecular complexity index is 1160. The van der Waals surface area contributed by atoms with Gasteiger partial charge in [0.15, 0.2) is 5.82 Å². The Labute approximate surface area is 180 Å². The highest BCUT2D eigenvalue weighted by molar-refractivity contribution is 5.78. The Kier molecular flexibility index (Phi) is 5.48. The lowest BCUT2D eigenvalue weighted by molar-refractivity contribution is 0.240. The summed E-state index contributed by atoms with van der Waals surface area (Å²) in [6.07, 6.45) is 1.10. The lowest BCUT2D eigenvalue weighted by Gasteiger charge is -2.20. The minimum Gasteiger partial charge on any atom is -0.361 e. The second kappa shape index (κ2) is 8.56. The second-order valence-electron chi connectivity index (χ2n) is 8.12. The van der Waals surface area contributed by atoms with E-state index in [1.807, 2.05) is 26.0 Å². The standard InChI is InChI=1S/C23H26N6O2/c1-16-22(17(2)30-26-16)23-25-21(27-31-23)15-29-11-5-10-28(12-13-29)14-19-9-8-18-6-3-4-7-20(18)24-19/h3-4,6-9H,5,10-15H2,1-2H3. The highest BCUT2D eigenvalue weighted by atomic mass is 16.5. The van der Waals surface area contributed by atoms with Gasteiger partial charge in [-0.15, -0.1) is 0 Å². The van der Waals surface area contributed by atoms with Crippen molar-refractivity contribution in [3.8, 4) is 11.5 Å². The van der Waals surface area contributed by atoms with E-state index in [4.69, 9.17) is 14.0 Å². The molecule has 8 nitrogen and oxygen atoms in total. The van der Waals surface area contributed by atoms with Crippen molar-refractivity contribution in [1.29, 1.82) is 0 Å². The molecule has 1 aromatic carbocycles. The van der Waals surface area contributed by atoms with Crippen LogP contribution in [0.3, 0.4) is 0 Å². The molecule has 1 fully saturated rings. The van der Waals surface area contributed by atoms with Crippen molar-refractivity contribution in [3.63, 3.8) is 0 Å². The number of aromatic nitrogens is 4. The molecular formula is C23H26N6O2. The number of hydrogen-bond donors (Lipinski definition) is 0. The fourth-order valence-electron chi connectivity index (χ4n) is 4.17. The van der Waals surface area contributed by atoms with Crippen LogP contribution in [0.5, 0.6) is 0 Å². The minimum absolute atomic E-state index is 0.477. The maximum absolute atomic E-state index is 5.47. The number of fused-ring (bicyclic) bond motifs is 1. The van der Waals surface area contributed by atoms with Crippen LogP contribution in [0.2, 0.25) is 0 Å². The summed E-state index contributed by atoms with van der Waals surface area (Å²) in [4.78, 5) is 14.3. The minimum atomic E-state index is 0.477. The zero-order chi connectivity index (χ0) is 21.2. The van der Waals surface area contributed by atoms with Gasteiger partial charge in [0.25, 0.3) is 5.89 Å². The predicted octanol–water partition coefficient (Wildman–Crippen LogP) is 3.60. The largest absolute Gasteiger partial charge is 0.361 e. The summed E-state index contributed by atoms with van der Waals surface area (Å²) in [7, 11) is 0. The smallest absolute Gasteiger partial charge is 0.263 e. The van der Waals surface area contributed by atoms with E-state index in [0.717, 1.165) is 61.6 Å². The Balaban J connectivity index is 1.20. The molecule has 0 unspecified atom stereocenters. The molecule has 0 spiro atoms. The van der Waals surface area contributed by atoms with Gasteiger partial charge < -0.3 is 9.05 Å². The molecule has 1 saturated heterocycles. The second-order valence-corrected chi connectivity index (χ2v) is 8.12. The lowest BCUT2D eigenvalue weighted by Crippen LogP contribution is -2.30. The van der Waals surface area contributed by atoms with Crippen LogP contribution in [-0.2, 0) is 13.1 Å². The van der Waals surface area contributed by atoms with Crippen molar-refractivity contribution in [2.75, 3.05) is 26.2 Å². The molecule has 0 atom stereocenters. The van der Waals surface area contributed by atoms with E-state index >= 15 is 0 Å². The fourth-order valence-corrected chi connectivity index (χ4v) is 4.17. The molecule has 0 aliphatic carbocycles. The van der Waals surface area contributed by atoms with E-state index in [-0.39, 0.29) is 0 Å². The summed E-state index contributed by atoms with van der Waals surface area (Å²) in [5, 5.41) is 9.32. The number of nitrogens with zero attached hydrogens (tertiary/aromatic N) is 6. The first-order valence-electron chi connectivity index (χ1n) is 10.7. The van der Waals surface area contributed by atoms with Crippen LogP contribution in [-0.4, -0.2) is 56.3 Å². The number of benzene rings is 1. The Hall–Kier alpha value is -3.10. The third-order valence-corrected chi connectivity index (χ3v) is 5.80. The molecule has 1 aliphatic heterocycles. The van der Waals surface area contributed by atoms with Crippen molar-refractivity contribution < 1.29 is 9.05 Å². The van der Waals surface area contributed by atoms with Crippen LogP contribution in [0, 0.1) is 13.8 Å². The molecule has 0 radical (unpaired) electrons. The van der Waals surface area contributed by atoms with Gasteiger partial charge in [0.05, 0.1) is 23.4 Å². The highest BCUT2D eigenvalue weighted by Crippen LogP contribution is 2.25. The number of hydrogen-bond acceptors (Lipinski definition) is 8. The zero-order valence-electron chi connectivity index (χ0n) is 17.9.